The minimum absolute atomic E-state index is 0.0343. The summed E-state index contributed by atoms with van der Waals surface area (Å²) in [5.41, 5.74) is 1.95. The Bertz CT molecular complexity index is 868. The molecule has 0 saturated carbocycles. The first-order chi connectivity index (χ1) is 10.1. The fourth-order valence-electron chi connectivity index (χ4n) is 2.27. The fourth-order valence-corrected chi connectivity index (χ4v) is 2.27. The number of aldehydes is 1. The van der Waals surface area contributed by atoms with E-state index in [4.69, 9.17) is 5.11 Å². The molecule has 0 fully saturated rings. The summed E-state index contributed by atoms with van der Waals surface area (Å²) in [6, 6.07) is 7.20. The van der Waals surface area contributed by atoms with Gasteiger partial charge in [-0.1, -0.05) is 12.1 Å². The molecule has 0 aliphatic carbocycles. The first-order valence-corrected chi connectivity index (χ1v) is 6.24. The van der Waals surface area contributed by atoms with Gasteiger partial charge in [0.05, 0.1) is 16.8 Å². The van der Waals surface area contributed by atoms with Gasteiger partial charge in [0, 0.05) is 23.3 Å². The SMILES string of the molecule is Cc1cn(-c2ccc3cccnc3c2C=O)nc1C(=O)O. The Hall–Kier alpha value is -3.02. The molecule has 0 aliphatic heterocycles. The highest BCUT2D eigenvalue weighted by molar-refractivity contribution is 5.99. The van der Waals surface area contributed by atoms with E-state index in [1.165, 1.54) is 4.68 Å². The zero-order valence-electron chi connectivity index (χ0n) is 11.1. The van der Waals surface area contributed by atoms with Crippen molar-refractivity contribution in [1.82, 2.24) is 14.8 Å². The number of carboxylic acid groups (broad SMARTS) is 1. The lowest BCUT2D eigenvalue weighted by Crippen LogP contribution is -2.04. The summed E-state index contributed by atoms with van der Waals surface area (Å²) < 4.78 is 1.40. The number of hydrogen-bond acceptors (Lipinski definition) is 4. The first kappa shape index (κ1) is 13.0. The average molecular weight is 281 g/mol. The van der Waals surface area contributed by atoms with E-state index in [1.807, 2.05) is 12.1 Å². The predicted octanol–water partition coefficient (Wildman–Crippen LogP) is 2.24. The molecule has 21 heavy (non-hydrogen) atoms. The fraction of sp³-hybridized carbons (Fsp3) is 0.0667. The molecule has 6 nitrogen and oxygen atoms in total. The van der Waals surface area contributed by atoms with E-state index in [0.29, 0.717) is 28.6 Å². The van der Waals surface area contributed by atoms with Gasteiger partial charge in [-0.15, -0.1) is 0 Å². The van der Waals surface area contributed by atoms with Crippen LogP contribution in [0.4, 0.5) is 0 Å². The van der Waals surface area contributed by atoms with Crippen molar-refractivity contribution >= 4 is 23.2 Å². The van der Waals surface area contributed by atoms with Gasteiger partial charge in [0.2, 0.25) is 0 Å². The maximum Gasteiger partial charge on any atom is 0.356 e. The Morgan fingerprint density at radius 3 is 2.81 bits per heavy atom. The standard InChI is InChI=1S/C15H11N3O3/c1-9-7-18(17-13(9)15(20)21)12-5-4-10-3-2-6-16-14(10)11(12)8-19/h2-8H,1H3,(H,20,21). The van der Waals surface area contributed by atoms with E-state index in [9.17, 15) is 9.59 Å². The molecule has 2 heterocycles. The van der Waals surface area contributed by atoms with Crippen LogP contribution in [-0.4, -0.2) is 32.1 Å². The molecule has 104 valence electrons. The monoisotopic (exact) mass is 281 g/mol. The van der Waals surface area contributed by atoms with Crippen LogP contribution in [0.15, 0.2) is 36.7 Å². The molecule has 0 aliphatic rings. The molecule has 6 heteroatoms. The first-order valence-electron chi connectivity index (χ1n) is 6.24. The molecule has 2 aromatic heterocycles. The van der Waals surface area contributed by atoms with Crippen LogP contribution >= 0.6 is 0 Å². The van der Waals surface area contributed by atoms with Crippen molar-refractivity contribution < 1.29 is 14.7 Å². The van der Waals surface area contributed by atoms with Crippen LogP contribution in [0, 0.1) is 6.92 Å². The number of hydrogen-bond donors (Lipinski definition) is 1. The summed E-state index contributed by atoms with van der Waals surface area (Å²) in [4.78, 5) is 26.7. The largest absolute Gasteiger partial charge is 0.476 e. The smallest absolute Gasteiger partial charge is 0.356 e. The summed E-state index contributed by atoms with van der Waals surface area (Å²) in [6.45, 7) is 1.66. The molecule has 0 saturated heterocycles. The highest BCUT2D eigenvalue weighted by Gasteiger charge is 2.16. The Morgan fingerprint density at radius 2 is 2.14 bits per heavy atom. The molecule has 0 spiro atoms. The maximum atomic E-state index is 11.4. The molecule has 3 rings (SSSR count). The quantitative estimate of drug-likeness (QED) is 0.744. The lowest BCUT2D eigenvalue weighted by molar-refractivity contribution is 0.0689. The third kappa shape index (κ3) is 2.06. The van der Waals surface area contributed by atoms with Gasteiger partial charge in [-0.25, -0.2) is 9.48 Å². The van der Waals surface area contributed by atoms with E-state index < -0.39 is 5.97 Å². The Kier molecular flexibility index (Phi) is 2.98. The number of carboxylic acids is 1. The van der Waals surface area contributed by atoms with Crippen molar-refractivity contribution in [2.24, 2.45) is 0 Å². The molecule has 0 radical (unpaired) electrons. The topological polar surface area (TPSA) is 85.1 Å². The average Bonchev–Trinajstić information content (AvgIpc) is 2.88. The van der Waals surface area contributed by atoms with Crippen LogP contribution in [0.5, 0.6) is 0 Å². The van der Waals surface area contributed by atoms with Crippen LogP contribution in [-0.2, 0) is 0 Å². The number of aromatic carboxylic acids is 1. The van der Waals surface area contributed by atoms with Crippen LogP contribution in [0.3, 0.4) is 0 Å². The van der Waals surface area contributed by atoms with Crippen molar-refractivity contribution in [3.05, 3.63) is 53.5 Å². The second-order valence-electron chi connectivity index (χ2n) is 4.60. The molecular formula is C15H11N3O3. The molecule has 0 atom stereocenters. The molecule has 3 aromatic rings. The zero-order chi connectivity index (χ0) is 15.0. The molecule has 0 amide bonds. The van der Waals surface area contributed by atoms with Crippen LogP contribution in [0.2, 0.25) is 0 Å². The second kappa shape index (κ2) is 4.82. The van der Waals surface area contributed by atoms with Gasteiger partial charge in [0.15, 0.2) is 12.0 Å². The normalized spacial score (nSPS) is 10.7. The van der Waals surface area contributed by atoms with E-state index in [0.717, 1.165) is 5.39 Å². The van der Waals surface area contributed by atoms with Crippen LogP contribution in [0.1, 0.15) is 26.4 Å². The zero-order valence-corrected chi connectivity index (χ0v) is 11.1. The van der Waals surface area contributed by atoms with Crippen LogP contribution in [0.25, 0.3) is 16.6 Å². The van der Waals surface area contributed by atoms with Crippen molar-refractivity contribution in [3.63, 3.8) is 0 Å². The summed E-state index contributed by atoms with van der Waals surface area (Å²) in [5, 5.41) is 13.9. The number of aromatic nitrogens is 3. The predicted molar refractivity (Wildman–Crippen MR) is 75.9 cm³/mol. The van der Waals surface area contributed by atoms with Gasteiger partial charge in [0.25, 0.3) is 0 Å². The third-order valence-electron chi connectivity index (χ3n) is 3.26. The molecular weight excluding hydrogens is 270 g/mol. The second-order valence-corrected chi connectivity index (χ2v) is 4.60. The summed E-state index contributed by atoms with van der Waals surface area (Å²) in [5.74, 6) is -1.10. The van der Waals surface area contributed by atoms with Gasteiger partial charge in [-0.3, -0.25) is 9.78 Å². The van der Waals surface area contributed by atoms with Gasteiger partial charge < -0.3 is 5.11 Å². The van der Waals surface area contributed by atoms with Crippen LogP contribution < -0.4 is 0 Å². The van der Waals surface area contributed by atoms with Crippen molar-refractivity contribution in [2.45, 2.75) is 6.92 Å². The number of pyridine rings is 1. The highest BCUT2D eigenvalue weighted by atomic mass is 16.4. The molecule has 1 aromatic carbocycles. The number of aryl methyl sites for hydroxylation is 1. The van der Waals surface area contributed by atoms with E-state index in [-0.39, 0.29) is 5.69 Å². The maximum absolute atomic E-state index is 11.4. The number of nitrogens with zero attached hydrogens (tertiary/aromatic N) is 3. The molecule has 0 bridgehead atoms. The van der Waals surface area contributed by atoms with E-state index in [2.05, 4.69) is 10.1 Å². The van der Waals surface area contributed by atoms with Crippen molar-refractivity contribution in [2.75, 3.05) is 0 Å². The highest BCUT2D eigenvalue weighted by Crippen LogP contribution is 2.22. The number of rotatable bonds is 3. The van der Waals surface area contributed by atoms with E-state index in [1.54, 1.807) is 31.5 Å². The van der Waals surface area contributed by atoms with Crippen molar-refractivity contribution in [3.8, 4) is 5.69 Å². The molecule has 1 N–H and O–H groups in total. The number of carbonyl (C=O) groups is 2. The lowest BCUT2D eigenvalue weighted by Gasteiger charge is -2.07. The van der Waals surface area contributed by atoms with Crippen molar-refractivity contribution in [1.29, 1.82) is 0 Å². The minimum Gasteiger partial charge on any atom is -0.476 e. The van der Waals surface area contributed by atoms with Gasteiger partial charge in [-0.05, 0) is 19.1 Å². The lowest BCUT2D eigenvalue weighted by atomic mass is 10.1. The van der Waals surface area contributed by atoms with Gasteiger partial charge >= 0.3 is 5.97 Å². The Balaban J connectivity index is 2.27. The van der Waals surface area contributed by atoms with Gasteiger partial charge in [0.1, 0.15) is 0 Å². The minimum atomic E-state index is -1.10. The molecule has 0 unspecified atom stereocenters. The number of carbonyl (C=O) groups excluding carboxylic acids is 1. The summed E-state index contributed by atoms with van der Waals surface area (Å²) >= 11 is 0. The van der Waals surface area contributed by atoms with E-state index >= 15 is 0 Å². The van der Waals surface area contributed by atoms with Gasteiger partial charge in [-0.2, -0.15) is 5.10 Å². The summed E-state index contributed by atoms with van der Waals surface area (Å²) in [6.07, 6.45) is 3.90. The summed E-state index contributed by atoms with van der Waals surface area (Å²) in [7, 11) is 0. The number of fused-ring (bicyclic) bond motifs is 1. The Morgan fingerprint density at radius 1 is 1.33 bits per heavy atom. The number of benzene rings is 1. The Labute approximate surface area is 119 Å². The third-order valence-corrected chi connectivity index (χ3v) is 3.26.